The molecule has 322 valence electrons. The third-order valence-corrected chi connectivity index (χ3v) is 10.5. The monoisotopic (exact) mass is 871 g/mol. The van der Waals surface area contributed by atoms with Crippen molar-refractivity contribution in [2.45, 2.75) is 58.0 Å². The molecule has 1 aliphatic heterocycles. The van der Waals surface area contributed by atoms with Gasteiger partial charge in [-0.15, -0.1) is 11.3 Å². The predicted octanol–water partition coefficient (Wildman–Crippen LogP) is 6.36. The summed E-state index contributed by atoms with van der Waals surface area (Å²) >= 11 is 1.18. The third kappa shape index (κ3) is 12.2. The van der Waals surface area contributed by atoms with Gasteiger partial charge in [-0.3, -0.25) is 24.0 Å². The minimum absolute atomic E-state index is 0.121. The Bertz CT molecular complexity index is 2590. The van der Waals surface area contributed by atoms with Gasteiger partial charge in [0.1, 0.15) is 43.2 Å². The van der Waals surface area contributed by atoms with Crippen LogP contribution in [0.5, 0.6) is 5.75 Å². The van der Waals surface area contributed by atoms with E-state index in [-0.39, 0.29) is 31.0 Å². The number of aromatic nitrogens is 1. The van der Waals surface area contributed by atoms with Crippen molar-refractivity contribution in [3.63, 3.8) is 0 Å². The van der Waals surface area contributed by atoms with E-state index >= 15 is 0 Å². The van der Waals surface area contributed by atoms with Crippen molar-refractivity contribution < 1.29 is 52.4 Å². The fourth-order valence-electron chi connectivity index (χ4n) is 6.72. The summed E-state index contributed by atoms with van der Waals surface area (Å²) in [6, 6.07) is 26.5. The van der Waals surface area contributed by atoms with Crippen LogP contribution in [0.25, 0.3) is 0 Å². The lowest BCUT2D eigenvalue weighted by Crippen LogP contribution is -2.55. The summed E-state index contributed by atoms with van der Waals surface area (Å²) in [7, 11) is 0. The molecule has 3 N–H and O–H groups in total. The van der Waals surface area contributed by atoms with Gasteiger partial charge >= 0.3 is 17.9 Å². The lowest BCUT2D eigenvalue weighted by molar-refractivity contribution is -0.154. The number of esters is 3. The number of β-lactam (4-membered cyclic amide) rings is 1. The Balaban J connectivity index is 1.40. The molecule has 0 bridgehead atoms. The smallest absolute Gasteiger partial charge is 0.303 e. The maximum atomic E-state index is 14.4. The van der Waals surface area contributed by atoms with Crippen LogP contribution in [-0.4, -0.2) is 58.6 Å². The summed E-state index contributed by atoms with van der Waals surface area (Å²) < 4.78 is 36.1. The Hall–Kier alpha value is -7.33. The average molecular weight is 872 g/mol. The molecule has 15 heteroatoms. The molecule has 4 aromatic carbocycles. The number of nitrogens with zero attached hydrogens (tertiary/aromatic N) is 2. The first kappa shape index (κ1) is 45.2. The first-order chi connectivity index (χ1) is 30.2. The lowest BCUT2D eigenvalue weighted by Gasteiger charge is -2.48. The number of halogens is 1. The molecule has 2 heterocycles. The number of thiazole rings is 1. The molecule has 1 aliphatic rings. The second-order valence-corrected chi connectivity index (χ2v) is 15.4. The number of benzene rings is 4. The minimum atomic E-state index is -2.05. The van der Waals surface area contributed by atoms with Crippen molar-refractivity contribution in [2.24, 2.45) is 11.7 Å². The van der Waals surface area contributed by atoms with Gasteiger partial charge in [0.15, 0.2) is 10.6 Å². The normalized spacial score (nSPS) is 14.7. The van der Waals surface area contributed by atoms with Gasteiger partial charge in [-0.2, -0.15) is 0 Å². The van der Waals surface area contributed by atoms with Crippen LogP contribution >= 0.6 is 11.3 Å². The van der Waals surface area contributed by atoms with Gasteiger partial charge in [0.25, 0.3) is 5.91 Å². The number of carbonyl (C=O) groups is 5. The number of hydrogen-bond acceptors (Lipinski definition) is 12. The zero-order valence-electron chi connectivity index (χ0n) is 34.5. The number of aliphatic hydroxyl groups is 1. The van der Waals surface area contributed by atoms with Gasteiger partial charge in [-0.25, -0.2) is 9.37 Å². The van der Waals surface area contributed by atoms with Crippen molar-refractivity contribution in [1.29, 1.82) is 0 Å². The highest BCUT2D eigenvalue weighted by molar-refractivity contribution is 7.10. The van der Waals surface area contributed by atoms with Crippen LogP contribution < -0.4 is 15.4 Å². The summed E-state index contributed by atoms with van der Waals surface area (Å²) in [5.41, 5.74) is 6.94. The van der Waals surface area contributed by atoms with Crippen LogP contribution in [0.15, 0.2) is 102 Å². The molecule has 63 heavy (non-hydrogen) atoms. The van der Waals surface area contributed by atoms with E-state index in [9.17, 15) is 33.5 Å². The van der Waals surface area contributed by atoms with Gasteiger partial charge in [-0.05, 0) is 84.5 Å². The number of hydrogen-bond donors (Lipinski definition) is 2. The van der Waals surface area contributed by atoms with Gasteiger partial charge in [-0.1, -0.05) is 60.2 Å². The molecular formula is C48H42FN3O10S. The summed E-state index contributed by atoms with van der Waals surface area (Å²) in [4.78, 5) is 67.2. The molecule has 0 unspecified atom stereocenters. The highest BCUT2D eigenvalue weighted by Gasteiger charge is 2.50. The molecule has 13 nitrogen and oxygen atoms in total. The Labute approximate surface area is 366 Å². The van der Waals surface area contributed by atoms with E-state index in [1.165, 1.54) is 61.8 Å². The second kappa shape index (κ2) is 20.5. The van der Waals surface area contributed by atoms with Crippen LogP contribution in [0.1, 0.15) is 89.1 Å². The summed E-state index contributed by atoms with van der Waals surface area (Å²) in [5, 5.41) is 13.2. The molecule has 1 fully saturated rings. The number of carbonyl (C=O) groups excluding carboxylic acids is 5. The zero-order chi connectivity index (χ0) is 45.1. The average Bonchev–Trinajstić information content (AvgIpc) is 3.75. The van der Waals surface area contributed by atoms with E-state index in [0.29, 0.717) is 38.7 Å². The predicted molar refractivity (Wildman–Crippen MR) is 229 cm³/mol. The highest BCUT2D eigenvalue weighted by atomic mass is 32.1. The van der Waals surface area contributed by atoms with Crippen molar-refractivity contribution in [3.05, 3.63) is 147 Å². The third-order valence-electron chi connectivity index (χ3n) is 9.75. The number of nitrogens with two attached hydrogens (primary N) is 1. The number of ether oxygens (including phenoxy) is 4. The van der Waals surface area contributed by atoms with E-state index in [2.05, 4.69) is 28.7 Å². The van der Waals surface area contributed by atoms with E-state index in [0.717, 1.165) is 5.56 Å². The highest BCUT2D eigenvalue weighted by Crippen LogP contribution is 2.49. The van der Waals surface area contributed by atoms with Gasteiger partial charge in [0.2, 0.25) is 5.91 Å². The number of primary amides is 1. The van der Waals surface area contributed by atoms with Crippen molar-refractivity contribution in [3.8, 4) is 29.4 Å². The molecule has 0 radical (unpaired) electrons. The summed E-state index contributed by atoms with van der Waals surface area (Å²) in [6.07, 6.45) is -0.329. The van der Waals surface area contributed by atoms with Crippen LogP contribution in [0, 0.1) is 35.4 Å². The molecule has 6 rings (SSSR count). The van der Waals surface area contributed by atoms with Crippen LogP contribution in [-0.2, 0) is 40.0 Å². The van der Waals surface area contributed by atoms with E-state index in [4.69, 9.17) is 24.7 Å². The number of anilines is 1. The van der Waals surface area contributed by atoms with Gasteiger partial charge < -0.3 is 34.7 Å². The largest absolute Gasteiger partial charge is 0.489 e. The quantitative estimate of drug-likeness (QED) is 0.0517. The Morgan fingerprint density at radius 1 is 0.873 bits per heavy atom. The molecule has 3 atom stereocenters. The minimum Gasteiger partial charge on any atom is -0.489 e. The Morgan fingerprint density at radius 2 is 1.54 bits per heavy atom. The first-order valence-electron chi connectivity index (χ1n) is 19.6. The zero-order valence-corrected chi connectivity index (χ0v) is 35.3. The lowest BCUT2D eigenvalue weighted by atomic mass is 9.77. The fraction of sp³-hybridized carbons (Fsp3) is 0.250. The number of rotatable bonds is 15. The Kier molecular flexibility index (Phi) is 14.7. The van der Waals surface area contributed by atoms with Crippen molar-refractivity contribution in [1.82, 2.24) is 4.98 Å². The van der Waals surface area contributed by atoms with E-state index < -0.39 is 66.5 Å². The standard InChI is InChI=1S/C48H42FN3O10S/c1-30(53)60-28-48(58,29-61-31(2)54)24-23-34-11-20-43(59-26-35-7-5-4-6-8-35)40(25-34)45-39(19-21-42(62-32(3)55)36-13-15-37(49)16-14-36)47(57)52(45)38-17-9-33(10-18-38)12-22-44-51-41(27-63-44)46(50)56/h4-11,13-18,20,25,27,39,42,45,58H,19,21,26,28-29H2,1-3H3,(H2,50,56)/t39-,42+,45+/m1/s1. The molecule has 1 saturated heterocycles. The van der Waals surface area contributed by atoms with Crippen molar-refractivity contribution in [2.75, 3.05) is 18.1 Å². The fourth-order valence-corrected chi connectivity index (χ4v) is 7.37. The maximum Gasteiger partial charge on any atom is 0.303 e. The van der Waals surface area contributed by atoms with E-state index in [1.807, 2.05) is 30.3 Å². The molecule has 0 spiro atoms. The maximum absolute atomic E-state index is 14.4. The molecule has 2 amide bonds. The molecule has 1 aromatic heterocycles. The molecular weight excluding hydrogens is 830 g/mol. The second-order valence-electron chi connectivity index (χ2n) is 14.6. The SMILES string of the molecule is CC(=O)OCC(O)(C#Cc1ccc(OCc2ccccc2)c([C@@H]2[C@@H](CC[C@H](OC(C)=O)c3ccc(F)cc3)C(=O)N2c2ccc(C#Cc3nc(C(N)=O)cs3)cc2)c1)COC(C)=O. The Morgan fingerprint density at radius 3 is 2.16 bits per heavy atom. The van der Waals surface area contributed by atoms with Crippen LogP contribution in [0.3, 0.4) is 0 Å². The number of amides is 2. The molecule has 5 aromatic rings. The molecule has 0 saturated carbocycles. The van der Waals surface area contributed by atoms with Crippen molar-refractivity contribution >= 4 is 46.7 Å². The van der Waals surface area contributed by atoms with Gasteiger partial charge in [0, 0.05) is 48.5 Å². The van der Waals surface area contributed by atoms with Crippen LogP contribution in [0.2, 0.25) is 0 Å². The first-order valence-corrected chi connectivity index (χ1v) is 20.5. The topological polar surface area (TPSA) is 185 Å². The van der Waals surface area contributed by atoms with Gasteiger partial charge in [0.05, 0.1) is 12.0 Å². The summed E-state index contributed by atoms with van der Waals surface area (Å²) in [5.74, 6) is 8.09. The van der Waals surface area contributed by atoms with Crippen LogP contribution in [0.4, 0.5) is 10.1 Å². The van der Waals surface area contributed by atoms with E-state index in [1.54, 1.807) is 47.4 Å². The molecule has 0 aliphatic carbocycles. The summed E-state index contributed by atoms with van der Waals surface area (Å²) in [6.45, 7) is 2.65.